The molecule has 1 fully saturated rings. The first-order chi connectivity index (χ1) is 9.18. The van der Waals surface area contributed by atoms with Crippen LogP contribution in [0.3, 0.4) is 0 Å². The van der Waals surface area contributed by atoms with Gasteiger partial charge in [-0.3, -0.25) is 0 Å². The van der Waals surface area contributed by atoms with Crippen LogP contribution in [0.4, 0.5) is 0 Å². The molecule has 1 aliphatic rings. The molecule has 5 nitrogen and oxygen atoms in total. The zero-order chi connectivity index (χ0) is 13.7. The molecule has 104 valence electrons. The van der Waals surface area contributed by atoms with Crippen molar-refractivity contribution >= 4 is 5.97 Å². The number of aliphatic hydroxyl groups excluding tert-OH is 1. The molecule has 1 saturated heterocycles. The molecule has 2 atom stereocenters. The number of carbonyl (C=O) groups is 1. The monoisotopic (exact) mass is 266 g/mol. The van der Waals surface area contributed by atoms with E-state index in [9.17, 15) is 9.90 Å². The average Bonchev–Trinajstić information content (AvgIpc) is 2.45. The van der Waals surface area contributed by atoms with E-state index >= 15 is 0 Å². The molecule has 0 amide bonds. The Kier molecular flexibility index (Phi) is 4.76. The smallest absolute Gasteiger partial charge is 0.337 e. The molecular weight excluding hydrogens is 248 g/mol. The summed E-state index contributed by atoms with van der Waals surface area (Å²) in [6.07, 6.45) is 1.62. The number of aliphatic carboxylic acids is 1. The molecule has 0 aromatic heterocycles. The van der Waals surface area contributed by atoms with Gasteiger partial charge in [0, 0.05) is 12.2 Å². The largest absolute Gasteiger partial charge is 0.490 e. The molecule has 1 aromatic carbocycles. The molecule has 2 N–H and O–H groups in total. The molecule has 0 radical (unpaired) electrons. The predicted molar refractivity (Wildman–Crippen MR) is 68.1 cm³/mol. The third-order valence-electron chi connectivity index (χ3n) is 3.15. The zero-order valence-corrected chi connectivity index (χ0v) is 10.6. The molecule has 0 bridgehead atoms. The lowest BCUT2D eigenvalue weighted by atomic mass is 10.1. The second-order valence-corrected chi connectivity index (χ2v) is 4.58. The van der Waals surface area contributed by atoms with Gasteiger partial charge < -0.3 is 19.7 Å². The van der Waals surface area contributed by atoms with Crippen molar-refractivity contribution in [3.05, 3.63) is 29.8 Å². The van der Waals surface area contributed by atoms with Gasteiger partial charge in [0.15, 0.2) is 6.10 Å². The summed E-state index contributed by atoms with van der Waals surface area (Å²) in [5.41, 5.74) is 0.269. The van der Waals surface area contributed by atoms with E-state index in [0.717, 1.165) is 25.9 Å². The Hall–Kier alpha value is -1.59. The van der Waals surface area contributed by atoms with Gasteiger partial charge in [-0.15, -0.1) is 0 Å². The van der Waals surface area contributed by atoms with Crippen LogP contribution in [0.5, 0.6) is 5.75 Å². The summed E-state index contributed by atoms with van der Waals surface area (Å²) in [5.74, 6) is -0.892. The molecule has 1 aliphatic heterocycles. The Bertz CT molecular complexity index is 426. The van der Waals surface area contributed by atoms with Gasteiger partial charge in [0.25, 0.3) is 0 Å². The van der Waals surface area contributed by atoms with Gasteiger partial charge in [0.2, 0.25) is 0 Å². The van der Waals surface area contributed by atoms with Crippen molar-refractivity contribution in [2.24, 2.45) is 0 Å². The third kappa shape index (κ3) is 3.68. The fraction of sp³-hybridized carbons (Fsp3) is 0.500. The van der Waals surface area contributed by atoms with Crippen LogP contribution in [-0.4, -0.2) is 35.5 Å². The van der Waals surface area contributed by atoms with Crippen molar-refractivity contribution in [1.29, 1.82) is 0 Å². The summed E-state index contributed by atoms with van der Waals surface area (Å²) in [7, 11) is 0. The molecule has 1 aromatic rings. The number of rotatable bonds is 5. The second-order valence-electron chi connectivity index (χ2n) is 4.58. The number of hydrogen-bond acceptors (Lipinski definition) is 4. The van der Waals surface area contributed by atoms with Gasteiger partial charge in [-0.1, -0.05) is 18.2 Å². The van der Waals surface area contributed by atoms with Gasteiger partial charge in [0.1, 0.15) is 12.4 Å². The minimum absolute atomic E-state index is 0.0452. The maximum absolute atomic E-state index is 10.8. The summed E-state index contributed by atoms with van der Waals surface area (Å²) >= 11 is 0. The van der Waals surface area contributed by atoms with Crippen LogP contribution in [0.15, 0.2) is 24.3 Å². The number of carboxylic acids is 1. The fourth-order valence-corrected chi connectivity index (χ4v) is 2.09. The summed E-state index contributed by atoms with van der Waals surface area (Å²) in [6, 6.07) is 6.63. The van der Waals surface area contributed by atoms with Crippen molar-refractivity contribution in [3.8, 4) is 5.75 Å². The van der Waals surface area contributed by atoms with Crippen molar-refractivity contribution in [2.75, 3.05) is 13.2 Å². The van der Waals surface area contributed by atoms with E-state index < -0.39 is 12.1 Å². The van der Waals surface area contributed by atoms with Crippen LogP contribution in [0.25, 0.3) is 0 Å². The average molecular weight is 266 g/mol. The number of hydrogen-bond donors (Lipinski definition) is 2. The topological polar surface area (TPSA) is 76.0 Å². The highest BCUT2D eigenvalue weighted by atomic mass is 16.5. The zero-order valence-electron chi connectivity index (χ0n) is 10.6. The van der Waals surface area contributed by atoms with Crippen LogP contribution in [0, 0.1) is 0 Å². The first-order valence-electron chi connectivity index (χ1n) is 6.42. The second kappa shape index (κ2) is 6.54. The molecule has 2 unspecified atom stereocenters. The first kappa shape index (κ1) is 13.8. The highest BCUT2D eigenvalue weighted by Gasteiger charge is 2.21. The normalized spacial score (nSPS) is 20.8. The first-order valence-corrected chi connectivity index (χ1v) is 6.42. The molecule has 0 aliphatic carbocycles. The van der Waals surface area contributed by atoms with E-state index in [0.29, 0.717) is 12.4 Å². The Labute approximate surface area is 111 Å². The van der Waals surface area contributed by atoms with E-state index in [4.69, 9.17) is 14.6 Å². The van der Waals surface area contributed by atoms with Crippen molar-refractivity contribution in [1.82, 2.24) is 0 Å². The number of benzene rings is 1. The molecule has 0 spiro atoms. The maximum Gasteiger partial charge on any atom is 0.337 e. The number of carboxylic acid groups (broad SMARTS) is 1. The van der Waals surface area contributed by atoms with Gasteiger partial charge >= 0.3 is 5.97 Å². The number of aliphatic hydroxyl groups is 1. The van der Waals surface area contributed by atoms with E-state index in [1.54, 1.807) is 24.3 Å². The number of ether oxygens (including phenoxy) is 2. The van der Waals surface area contributed by atoms with E-state index in [-0.39, 0.29) is 11.7 Å². The van der Waals surface area contributed by atoms with Gasteiger partial charge in [-0.2, -0.15) is 0 Å². The van der Waals surface area contributed by atoms with Crippen LogP contribution < -0.4 is 4.74 Å². The quantitative estimate of drug-likeness (QED) is 0.849. The Morgan fingerprint density at radius 2 is 2.21 bits per heavy atom. The summed E-state index contributed by atoms with van der Waals surface area (Å²) in [4.78, 5) is 10.8. The molecule has 2 rings (SSSR count). The molecule has 0 saturated carbocycles. The minimum Gasteiger partial charge on any atom is -0.490 e. The van der Waals surface area contributed by atoms with E-state index in [1.165, 1.54) is 0 Å². The predicted octanol–water partition coefficient (Wildman–Crippen LogP) is 1.75. The third-order valence-corrected chi connectivity index (χ3v) is 3.15. The molecule has 5 heteroatoms. The lowest BCUT2D eigenvalue weighted by molar-refractivity contribution is -0.147. The lowest BCUT2D eigenvalue weighted by Gasteiger charge is -2.23. The summed E-state index contributed by atoms with van der Waals surface area (Å²) in [5, 5.41) is 18.5. The van der Waals surface area contributed by atoms with Crippen LogP contribution in [0.1, 0.15) is 30.9 Å². The Morgan fingerprint density at radius 1 is 1.42 bits per heavy atom. The van der Waals surface area contributed by atoms with Crippen LogP contribution in [-0.2, 0) is 9.53 Å². The highest BCUT2D eigenvalue weighted by Crippen LogP contribution is 2.26. The summed E-state index contributed by atoms with van der Waals surface area (Å²) < 4.78 is 11.1. The Balaban J connectivity index is 2.01. The van der Waals surface area contributed by atoms with Gasteiger partial charge in [0.05, 0.1) is 6.10 Å². The lowest BCUT2D eigenvalue weighted by Crippen LogP contribution is -2.26. The minimum atomic E-state index is -1.57. The van der Waals surface area contributed by atoms with Crippen molar-refractivity contribution < 1.29 is 24.5 Å². The standard InChI is InChI=1S/C14H18O5/c15-13(14(16)17)11-6-1-2-7-12(11)19-9-10-5-3-4-8-18-10/h1-2,6-7,10,13,15H,3-5,8-9H2,(H,16,17). The fourth-order valence-electron chi connectivity index (χ4n) is 2.09. The summed E-state index contributed by atoms with van der Waals surface area (Å²) in [6.45, 7) is 1.12. The van der Waals surface area contributed by atoms with Gasteiger partial charge in [-0.25, -0.2) is 4.79 Å². The van der Waals surface area contributed by atoms with Crippen molar-refractivity contribution in [3.63, 3.8) is 0 Å². The number of para-hydroxylation sites is 1. The highest BCUT2D eigenvalue weighted by molar-refractivity contribution is 5.75. The van der Waals surface area contributed by atoms with Gasteiger partial charge in [-0.05, 0) is 25.3 Å². The van der Waals surface area contributed by atoms with Crippen LogP contribution in [0.2, 0.25) is 0 Å². The maximum atomic E-state index is 10.8. The molecular formula is C14H18O5. The van der Waals surface area contributed by atoms with Crippen LogP contribution >= 0.6 is 0 Å². The Morgan fingerprint density at radius 3 is 2.89 bits per heavy atom. The van der Waals surface area contributed by atoms with Crippen molar-refractivity contribution in [2.45, 2.75) is 31.5 Å². The van der Waals surface area contributed by atoms with E-state index in [2.05, 4.69) is 0 Å². The van der Waals surface area contributed by atoms with E-state index in [1.807, 2.05) is 0 Å². The molecule has 1 heterocycles. The molecule has 19 heavy (non-hydrogen) atoms. The SMILES string of the molecule is O=C(O)C(O)c1ccccc1OCC1CCCCO1.